The first kappa shape index (κ1) is 29.1. The van der Waals surface area contributed by atoms with Gasteiger partial charge in [-0.3, -0.25) is 25.0 Å². The van der Waals surface area contributed by atoms with Gasteiger partial charge in [0.2, 0.25) is 5.75 Å². The van der Waals surface area contributed by atoms with Crippen molar-refractivity contribution in [2.45, 2.75) is 13.8 Å². The molecule has 0 spiro atoms. The lowest BCUT2D eigenvalue weighted by atomic mass is 10.2. The van der Waals surface area contributed by atoms with Crippen molar-refractivity contribution in [3.05, 3.63) is 83.5 Å². The van der Waals surface area contributed by atoms with Crippen molar-refractivity contribution in [3.8, 4) is 28.7 Å². The van der Waals surface area contributed by atoms with E-state index in [1.807, 2.05) is 29.5 Å². The molecule has 0 saturated carbocycles. The van der Waals surface area contributed by atoms with Crippen LogP contribution in [0.1, 0.15) is 29.8 Å². The van der Waals surface area contributed by atoms with Gasteiger partial charge >= 0.3 is 5.69 Å². The Balaban J connectivity index is 1.84. The Bertz CT molecular complexity index is 1430. The lowest BCUT2D eigenvalue weighted by molar-refractivity contribution is -0.394. The molecule has 204 valence electrons. The molecule has 3 rings (SSSR count). The third-order valence-electron chi connectivity index (χ3n) is 5.00. The molecule has 3 aromatic rings. The van der Waals surface area contributed by atoms with E-state index < -0.39 is 27.1 Å². The van der Waals surface area contributed by atoms with E-state index in [-0.39, 0.29) is 23.9 Å². The number of nitro groups is 2. The number of ether oxygens (including phenoxy) is 4. The molecule has 0 aliphatic heterocycles. The first-order chi connectivity index (χ1) is 18.7. The summed E-state index contributed by atoms with van der Waals surface area (Å²) < 4.78 is 22.7. The van der Waals surface area contributed by atoms with Crippen LogP contribution < -0.4 is 24.4 Å². The quantitative estimate of drug-likeness (QED) is 0.116. The molecule has 1 amide bonds. The maximum atomic E-state index is 12.6. The van der Waals surface area contributed by atoms with Crippen LogP contribution in [0, 0.1) is 23.8 Å². The molecule has 0 atom stereocenters. The molecule has 3 aromatic carbocycles. The monoisotopic (exact) mass is 650 g/mol. The zero-order chi connectivity index (χ0) is 28.5. The van der Waals surface area contributed by atoms with Crippen molar-refractivity contribution >= 4 is 46.1 Å². The topological polar surface area (TPSA) is 165 Å². The van der Waals surface area contributed by atoms with Gasteiger partial charge in [0, 0.05) is 11.6 Å². The summed E-state index contributed by atoms with van der Waals surface area (Å²) in [5, 5.41) is 26.5. The van der Waals surface area contributed by atoms with E-state index in [4.69, 9.17) is 18.9 Å². The smallest absolute Gasteiger partial charge is 0.318 e. The Morgan fingerprint density at radius 1 is 0.949 bits per heavy atom. The molecule has 0 aliphatic rings. The zero-order valence-corrected chi connectivity index (χ0v) is 23.2. The summed E-state index contributed by atoms with van der Waals surface area (Å²) in [6.45, 7) is 4.22. The third-order valence-corrected chi connectivity index (χ3v) is 5.80. The number of carbonyl (C=O) groups is 1. The standard InChI is InChI=1S/C25H23IN4O9/c1-4-37-22-12-16(6-8-21(22)36-3)25(31)28-27-14-15-10-18(26)24(23(11-15)38-5-2)39-20-9-7-17(29(32)33)13-19(20)30(34)35/h6-14H,4-5H2,1-3H3,(H,28,31)/b27-14+. The average Bonchev–Trinajstić information content (AvgIpc) is 2.90. The minimum atomic E-state index is -0.764. The summed E-state index contributed by atoms with van der Waals surface area (Å²) >= 11 is 1.96. The van der Waals surface area contributed by atoms with Crippen LogP contribution in [0.3, 0.4) is 0 Å². The summed E-state index contributed by atoms with van der Waals surface area (Å²) in [5.74, 6) is 0.690. The number of non-ortho nitro benzene ring substituents is 1. The molecule has 0 saturated heterocycles. The van der Waals surface area contributed by atoms with Crippen LogP contribution in [0.4, 0.5) is 11.4 Å². The highest BCUT2D eigenvalue weighted by atomic mass is 127. The molecule has 0 aromatic heterocycles. The van der Waals surface area contributed by atoms with Gasteiger partial charge in [0.1, 0.15) is 0 Å². The van der Waals surface area contributed by atoms with Crippen molar-refractivity contribution in [1.82, 2.24) is 5.43 Å². The molecule has 14 heteroatoms. The molecule has 0 radical (unpaired) electrons. The predicted octanol–water partition coefficient (Wildman–Crippen LogP) is 5.47. The van der Waals surface area contributed by atoms with Gasteiger partial charge in [0.05, 0.1) is 46.0 Å². The molecule has 0 aliphatic carbocycles. The number of benzene rings is 3. The number of nitro benzene ring substituents is 2. The van der Waals surface area contributed by atoms with Crippen LogP contribution in [0.25, 0.3) is 0 Å². The Labute approximate surface area is 236 Å². The Hall–Kier alpha value is -4.47. The molecule has 1 N–H and O–H groups in total. The second-order valence-corrected chi connectivity index (χ2v) is 8.69. The van der Waals surface area contributed by atoms with Gasteiger partial charge in [0.15, 0.2) is 23.0 Å². The second-order valence-electron chi connectivity index (χ2n) is 7.53. The van der Waals surface area contributed by atoms with Crippen LogP contribution in [-0.4, -0.2) is 42.3 Å². The van der Waals surface area contributed by atoms with Gasteiger partial charge < -0.3 is 18.9 Å². The number of carbonyl (C=O) groups excluding carboxylic acids is 1. The minimum Gasteiger partial charge on any atom is -0.493 e. The SMILES string of the molecule is CCOc1cc(C(=O)N/N=C/c2cc(I)c(Oc3ccc([N+](=O)[O-])cc3[N+](=O)[O-])c(OCC)c2)ccc1OC. The number of nitrogens with one attached hydrogen (secondary N) is 1. The Kier molecular flexibility index (Phi) is 9.97. The van der Waals surface area contributed by atoms with Crippen molar-refractivity contribution in [2.75, 3.05) is 20.3 Å². The number of methoxy groups -OCH3 is 1. The lowest BCUT2D eigenvalue weighted by Gasteiger charge is -2.14. The number of hydrogen-bond acceptors (Lipinski definition) is 10. The van der Waals surface area contributed by atoms with Gasteiger partial charge in [-0.25, -0.2) is 5.43 Å². The van der Waals surface area contributed by atoms with E-state index >= 15 is 0 Å². The number of rotatable bonds is 12. The van der Waals surface area contributed by atoms with Crippen LogP contribution in [0.2, 0.25) is 0 Å². The highest BCUT2D eigenvalue weighted by molar-refractivity contribution is 14.1. The first-order valence-corrected chi connectivity index (χ1v) is 12.5. The number of halogens is 1. The number of amides is 1. The molecule has 13 nitrogen and oxygen atoms in total. The van der Waals surface area contributed by atoms with E-state index in [1.54, 1.807) is 37.3 Å². The van der Waals surface area contributed by atoms with Crippen LogP contribution in [-0.2, 0) is 0 Å². The third kappa shape index (κ3) is 7.31. The van der Waals surface area contributed by atoms with Gasteiger partial charge in [0.25, 0.3) is 11.6 Å². The maximum Gasteiger partial charge on any atom is 0.318 e. The predicted molar refractivity (Wildman–Crippen MR) is 149 cm³/mol. The summed E-state index contributed by atoms with van der Waals surface area (Å²) in [6, 6.07) is 11.1. The summed E-state index contributed by atoms with van der Waals surface area (Å²) in [7, 11) is 1.50. The Morgan fingerprint density at radius 2 is 1.64 bits per heavy atom. The molecule has 0 heterocycles. The molecule has 39 heavy (non-hydrogen) atoms. The maximum absolute atomic E-state index is 12.6. The van der Waals surface area contributed by atoms with Crippen molar-refractivity contribution in [2.24, 2.45) is 5.10 Å². The first-order valence-electron chi connectivity index (χ1n) is 11.4. The normalized spacial score (nSPS) is 10.7. The number of hydrogen-bond donors (Lipinski definition) is 1. The van der Waals surface area contributed by atoms with E-state index in [9.17, 15) is 25.0 Å². The molecule has 0 bridgehead atoms. The molecular formula is C25H23IN4O9. The number of hydrazone groups is 1. The molecular weight excluding hydrogens is 627 g/mol. The van der Waals surface area contributed by atoms with Gasteiger partial charge in [-0.05, 0) is 78.4 Å². The number of nitrogens with zero attached hydrogens (tertiary/aromatic N) is 3. The van der Waals surface area contributed by atoms with Crippen molar-refractivity contribution in [3.63, 3.8) is 0 Å². The van der Waals surface area contributed by atoms with E-state index in [0.717, 1.165) is 18.2 Å². The van der Waals surface area contributed by atoms with Crippen LogP contribution in [0.5, 0.6) is 28.7 Å². The largest absolute Gasteiger partial charge is 0.493 e. The highest BCUT2D eigenvalue weighted by Crippen LogP contribution is 2.41. The second kappa shape index (κ2) is 13.4. The van der Waals surface area contributed by atoms with Gasteiger partial charge in [-0.15, -0.1) is 0 Å². The summed E-state index contributed by atoms with van der Waals surface area (Å²) in [6.07, 6.45) is 1.40. The fourth-order valence-corrected chi connectivity index (χ4v) is 4.03. The lowest BCUT2D eigenvalue weighted by Crippen LogP contribution is -2.17. The summed E-state index contributed by atoms with van der Waals surface area (Å²) in [4.78, 5) is 33.6. The van der Waals surface area contributed by atoms with Crippen LogP contribution >= 0.6 is 22.6 Å². The van der Waals surface area contributed by atoms with Crippen LogP contribution in [0.15, 0.2) is 53.6 Å². The van der Waals surface area contributed by atoms with E-state index in [2.05, 4.69) is 10.5 Å². The fourth-order valence-electron chi connectivity index (χ4n) is 3.30. The Morgan fingerprint density at radius 3 is 2.28 bits per heavy atom. The molecule has 0 fully saturated rings. The average molecular weight is 650 g/mol. The van der Waals surface area contributed by atoms with E-state index in [1.165, 1.54) is 13.3 Å². The molecule has 0 unspecified atom stereocenters. The van der Waals surface area contributed by atoms with E-state index in [0.29, 0.717) is 32.8 Å². The zero-order valence-electron chi connectivity index (χ0n) is 21.0. The van der Waals surface area contributed by atoms with Gasteiger partial charge in [-0.2, -0.15) is 5.10 Å². The van der Waals surface area contributed by atoms with Crippen molar-refractivity contribution < 1.29 is 33.6 Å². The minimum absolute atomic E-state index is 0.178. The fraction of sp³-hybridized carbons (Fsp3) is 0.200. The summed E-state index contributed by atoms with van der Waals surface area (Å²) in [5.41, 5.74) is 2.29. The highest BCUT2D eigenvalue weighted by Gasteiger charge is 2.23. The van der Waals surface area contributed by atoms with Crippen molar-refractivity contribution in [1.29, 1.82) is 0 Å². The van der Waals surface area contributed by atoms with Gasteiger partial charge in [-0.1, -0.05) is 0 Å².